The van der Waals surface area contributed by atoms with Gasteiger partial charge in [-0.05, 0) is 25.0 Å². The molecule has 0 saturated carbocycles. The fourth-order valence-electron chi connectivity index (χ4n) is 2.90. The van der Waals surface area contributed by atoms with Gasteiger partial charge in [0.1, 0.15) is 5.69 Å². The lowest BCUT2D eigenvalue weighted by Crippen LogP contribution is -2.39. The van der Waals surface area contributed by atoms with Gasteiger partial charge in [-0.1, -0.05) is 5.21 Å². The molecule has 8 heteroatoms. The summed E-state index contributed by atoms with van der Waals surface area (Å²) in [6, 6.07) is 5.65. The average molecular weight is 312 g/mol. The van der Waals surface area contributed by atoms with Crippen molar-refractivity contribution in [2.75, 3.05) is 13.1 Å². The first-order valence-electron chi connectivity index (χ1n) is 7.55. The molecule has 0 unspecified atom stereocenters. The lowest BCUT2D eigenvalue weighted by molar-refractivity contribution is 0.0683. The van der Waals surface area contributed by atoms with Crippen molar-refractivity contribution in [2.24, 2.45) is 0 Å². The van der Waals surface area contributed by atoms with Crippen LogP contribution in [0.25, 0.3) is 11.5 Å². The standard InChI is InChI=1S/C15H16N6O2/c22-15(13-10-12(17-18-13)14-2-1-9-23-14)20-6-3-11(4-7-20)21-8-5-16-19-21/h1-2,5,8-11H,3-4,6-7H2,(H,17,18). The van der Waals surface area contributed by atoms with E-state index in [-0.39, 0.29) is 5.91 Å². The Balaban J connectivity index is 1.42. The van der Waals surface area contributed by atoms with E-state index in [1.54, 1.807) is 24.6 Å². The number of likely N-dealkylation sites (tertiary alicyclic amines) is 1. The van der Waals surface area contributed by atoms with Crippen molar-refractivity contribution in [3.63, 3.8) is 0 Å². The van der Waals surface area contributed by atoms with Gasteiger partial charge in [0.2, 0.25) is 0 Å². The Kier molecular flexibility index (Phi) is 3.41. The van der Waals surface area contributed by atoms with Crippen LogP contribution in [0.15, 0.2) is 41.3 Å². The average Bonchev–Trinajstić information content (AvgIpc) is 3.36. The van der Waals surface area contributed by atoms with Gasteiger partial charge < -0.3 is 9.32 Å². The maximum Gasteiger partial charge on any atom is 0.274 e. The Bertz CT molecular complexity index is 769. The molecule has 3 aromatic heterocycles. The van der Waals surface area contributed by atoms with Gasteiger partial charge in [-0.3, -0.25) is 9.89 Å². The van der Waals surface area contributed by atoms with Crippen molar-refractivity contribution in [1.29, 1.82) is 0 Å². The highest BCUT2D eigenvalue weighted by Gasteiger charge is 2.26. The molecular formula is C15H16N6O2. The maximum atomic E-state index is 12.6. The van der Waals surface area contributed by atoms with Crippen molar-refractivity contribution in [3.8, 4) is 11.5 Å². The van der Waals surface area contributed by atoms with Crippen LogP contribution in [-0.4, -0.2) is 49.1 Å². The van der Waals surface area contributed by atoms with E-state index in [4.69, 9.17) is 4.42 Å². The molecule has 118 valence electrons. The second-order valence-electron chi connectivity index (χ2n) is 5.55. The van der Waals surface area contributed by atoms with Crippen LogP contribution in [0, 0.1) is 0 Å². The van der Waals surface area contributed by atoms with Gasteiger partial charge >= 0.3 is 0 Å². The van der Waals surface area contributed by atoms with E-state index in [0.717, 1.165) is 12.8 Å². The molecule has 4 heterocycles. The summed E-state index contributed by atoms with van der Waals surface area (Å²) >= 11 is 0. The molecule has 0 aromatic carbocycles. The highest BCUT2D eigenvalue weighted by atomic mass is 16.3. The molecule has 0 bridgehead atoms. The third-order valence-electron chi connectivity index (χ3n) is 4.15. The quantitative estimate of drug-likeness (QED) is 0.795. The number of H-pyrrole nitrogens is 1. The summed E-state index contributed by atoms with van der Waals surface area (Å²) in [6.45, 7) is 1.37. The molecule has 0 aliphatic carbocycles. The molecule has 1 aliphatic heterocycles. The molecular weight excluding hydrogens is 296 g/mol. The van der Waals surface area contributed by atoms with Crippen LogP contribution in [0.4, 0.5) is 0 Å². The minimum atomic E-state index is -0.0592. The Labute approximate surface area is 132 Å². The zero-order valence-electron chi connectivity index (χ0n) is 12.4. The molecule has 8 nitrogen and oxygen atoms in total. The fraction of sp³-hybridized carbons (Fsp3) is 0.333. The molecule has 1 fully saturated rings. The minimum absolute atomic E-state index is 0.0592. The zero-order chi connectivity index (χ0) is 15.6. The van der Waals surface area contributed by atoms with Crippen LogP contribution in [0.2, 0.25) is 0 Å². The van der Waals surface area contributed by atoms with Crippen LogP contribution in [0.3, 0.4) is 0 Å². The van der Waals surface area contributed by atoms with Gasteiger partial charge in [0.05, 0.1) is 18.5 Å². The van der Waals surface area contributed by atoms with Crippen molar-refractivity contribution in [2.45, 2.75) is 18.9 Å². The number of nitrogens with one attached hydrogen (secondary N) is 1. The Morgan fingerprint density at radius 1 is 1.35 bits per heavy atom. The molecule has 1 amide bonds. The van der Waals surface area contributed by atoms with Crippen LogP contribution in [-0.2, 0) is 0 Å². The van der Waals surface area contributed by atoms with Crippen molar-refractivity contribution >= 4 is 5.91 Å². The second-order valence-corrected chi connectivity index (χ2v) is 5.55. The van der Waals surface area contributed by atoms with E-state index < -0.39 is 0 Å². The van der Waals surface area contributed by atoms with Crippen molar-refractivity contribution in [3.05, 3.63) is 42.5 Å². The summed E-state index contributed by atoms with van der Waals surface area (Å²) in [5, 5.41) is 14.8. The number of piperidine rings is 1. The highest BCUT2D eigenvalue weighted by molar-refractivity contribution is 5.93. The summed E-state index contributed by atoms with van der Waals surface area (Å²) in [6.07, 6.45) is 6.87. The SMILES string of the molecule is O=C(c1cc(-c2ccco2)[nH]n1)N1CCC(n2ccnn2)CC1. The highest BCUT2D eigenvalue weighted by Crippen LogP contribution is 2.23. The number of aromatic nitrogens is 5. The Morgan fingerprint density at radius 2 is 2.22 bits per heavy atom. The third-order valence-corrected chi connectivity index (χ3v) is 4.15. The minimum Gasteiger partial charge on any atom is -0.463 e. The number of hydrogen-bond acceptors (Lipinski definition) is 5. The van der Waals surface area contributed by atoms with Gasteiger partial charge in [0.25, 0.3) is 5.91 Å². The number of aromatic amines is 1. The van der Waals surface area contributed by atoms with Crippen molar-refractivity contribution < 1.29 is 9.21 Å². The molecule has 0 atom stereocenters. The molecule has 0 spiro atoms. The summed E-state index contributed by atoms with van der Waals surface area (Å²) in [5.41, 5.74) is 1.12. The first-order valence-corrected chi connectivity index (χ1v) is 7.55. The van der Waals surface area contributed by atoms with E-state index in [2.05, 4.69) is 20.5 Å². The molecule has 23 heavy (non-hydrogen) atoms. The third kappa shape index (κ3) is 2.63. The first kappa shape index (κ1) is 13.7. The van der Waals surface area contributed by atoms with E-state index in [1.165, 1.54) is 0 Å². The summed E-state index contributed by atoms with van der Waals surface area (Å²) in [5.74, 6) is 0.609. The predicted octanol–water partition coefficient (Wildman–Crippen LogP) is 1.74. The molecule has 4 rings (SSSR count). The normalized spacial score (nSPS) is 15.9. The summed E-state index contributed by atoms with van der Waals surface area (Å²) < 4.78 is 7.17. The van der Waals surface area contributed by atoms with Gasteiger partial charge in [0.15, 0.2) is 11.5 Å². The van der Waals surface area contributed by atoms with E-state index >= 15 is 0 Å². The number of carbonyl (C=O) groups is 1. The fourth-order valence-corrected chi connectivity index (χ4v) is 2.90. The topological polar surface area (TPSA) is 92.8 Å². The van der Waals surface area contributed by atoms with Gasteiger partial charge in [-0.25, -0.2) is 4.68 Å². The zero-order valence-corrected chi connectivity index (χ0v) is 12.4. The monoisotopic (exact) mass is 312 g/mol. The van der Waals surface area contributed by atoms with E-state index in [9.17, 15) is 4.79 Å². The van der Waals surface area contributed by atoms with Crippen LogP contribution in [0.5, 0.6) is 0 Å². The molecule has 3 aromatic rings. The number of carbonyl (C=O) groups excluding carboxylic acids is 1. The number of hydrogen-bond donors (Lipinski definition) is 1. The lowest BCUT2D eigenvalue weighted by Gasteiger charge is -2.31. The van der Waals surface area contributed by atoms with Crippen LogP contribution < -0.4 is 0 Å². The Morgan fingerprint density at radius 3 is 2.91 bits per heavy atom. The summed E-state index contributed by atoms with van der Waals surface area (Å²) in [7, 11) is 0. The van der Waals surface area contributed by atoms with Crippen LogP contribution in [0.1, 0.15) is 29.4 Å². The smallest absolute Gasteiger partial charge is 0.274 e. The molecule has 1 N–H and O–H groups in total. The van der Waals surface area contributed by atoms with Crippen LogP contribution >= 0.6 is 0 Å². The van der Waals surface area contributed by atoms with E-state index in [1.807, 2.05) is 21.8 Å². The largest absolute Gasteiger partial charge is 0.463 e. The summed E-state index contributed by atoms with van der Waals surface area (Å²) in [4.78, 5) is 14.4. The maximum absolute atomic E-state index is 12.6. The number of rotatable bonds is 3. The lowest BCUT2D eigenvalue weighted by atomic mass is 10.0. The first-order chi connectivity index (χ1) is 11.3. The van der Waals surface area contributed by atoms with Gasteiger partial charge in [-0.2, -0.15) is 5.10 Å². The second kappa shape index (κ2) is 5.71. The Hall–Kier alpha value is -2.90. The number of amides is 1. The van der Waals surface area contributed by atoms with Gasteiger partial charge in [0, 0.05) is 25.4 Å². The number of furan rings is 1. The molecule has 0 radical (unpaired) electrons. The predicted molar refractivity (Wildman–Crippen MR) is 80.5 cm³/mol. The molecule has 1 saturated heterocycles. The van der Waals surface area contributed by atoms with Gasteiger partial charge in [-0.15, -0.1) is 5.10 Å². The molecule has 1 aliphatic rings. The van der Waals surface area contributed by atoms with E-state index in [0.29, 0.717) is 36.3 Å². The number of nitrogens with zero attached hydrogens (tertiary/aromatic N) is 5. The van der Waals surface area contributed by atoms with Crippen molar-refractivity contribution in [1.82, 2.24) is 30.1 Å².